The number of carbonyl (C=O) groups is 2. The highest BCUT2D eigenvalue weighted by Gasteiger charge is 2.23. The van der Waals surface area contributed by atoms with Crippen molar-refractivity contribution >= 4 is 23.3 Å². The molecule has 0 aliphatic carbocycles. The Morgan fingerprint density at radius 1 is 0.966 bits per heavy atom. The molecule has 0 aromatic heterocycles. The van der Waals surface area contributed by atoms with E-state index in [0.717, 1.165) is 18.8 Å². The Balaban J connectivity index is 1.48. The van der Waals surface area contributed by atoms with Crippen LogP contribution in [-0.4, -0.2) is 50.4 Å². The Morgan fingerprint density at radius 2 is 1.62 bits per heavy atom. The van der Waals surface area contributed by atoms with Crippen molar-refractivity contribution in [3.63, 3.8) is 0 Å². The van der Waals surface area contributed by atoms with Gasteiger partial charge in [-0.15, -0.1) is 0 Å². The molecule has 1 heterocycles. The summed E-state index contributed by atoms with van der Waals surface area (Å²) in [5.74, 6) is -0.432. The number of benzene rings is 2. The minimum Gasteiger partial charge on any atom is -0.479 e. The van der Waals surface area contributed by atoms with Crippen LogP contribution in [0.2, 0.25) is 0 Å². The molecule has 0 spiro atoms. The van der Waals surface area contributed by atoms with Crippen molar-refractivity contribution in [1.82, 2.24) is 0 Å². The summed E-state index contributed by atoms with van der Waals surface area (Å²) in [6.45, 7) is 6.25. The topological polar surface area (TPSA) is 77.1 Å². The van der Waals surface area contributed by atoms with Crippen molar-refractivity contribution in [3.8, 4) is 5.75 Å². The second-order valence-electron chi connectivity index (χ2n) is 6.79. The van der Waals surface area contributed by atoms with Crippen LogP contribution in [0.25, 0.3) is 0 Å². The van der Waals surface area contributed by atoms with Gasteiger partial charge in [0.1, 0.15) is 5.75 Å². The number of nitrogens with zero attached hydrogens (tertiary/aromatic N) is 1. The molecule has 1 N–H and O–H groups in total. The number of amides is 1. The van der Waals surface area contributed by atoms with E-state index < -0.39 is 24.1 Å². The summed E-state index contributed by atoms with van der Waals surface area (Å²) < 4.78 is 16.1. The van der Waals surface area contributed by atoms with Crippen molar-refractivity contribution < 1.29 is 23.8 Å². The van der Waals surface area contributed by atoms with Crippen LogP contribution < -0.4 is 15.0 Å². The number of nitrogens with one attached hydrogen (secondary N) is 1. The molecule has 0 bridgehead atoms. The summed E-state index contributed by atoms with van der Waals surface area (Å²) in [6.07, 6.45) is -1.76. The number of hydrogen-bond acceptors (Lipinski definition) is 6. The molecule has 154 valence electrons. The smallest absolute Gasteiger partial charge is 0.347 e. The molecule has 1 saturated heterocycles. The third-order valence-corrected chi connectivity index (χ3v) is 4.56. The van der Waals surface area contributed by atoms with Crippen LogP contribution in [0, 0.1) is 0 Å². The van der Waals surface area contributed by atoms with Crippen LogP contribution in [0.1, 0.15) is 13.8 Å². The first-order valence-corrected chi connectivity index (χ1v) is 9.69. The van der Waals surface area contributed by atoms with Crippen LogP contribution in [0.4, 0.5) is 11.4 Å². The summed E-state index contributed by atoms with van der Waals surface area (Å²) >= 11 is 0. The van der Waals surface area contributed by atoms with E-state index in [1.165, 1.54) is 6.92 Å². The Bertz CT molecular complexity index is 804. The monoisotopic (exact) mass is 398 g/mol. The summed E-state index contributed by atoms with van der Waals surface area (Å²) in [6, 6.07) is 16.6. The zero-order valence-corrected chi connectivity index (χ0v) is 16.7. The fourth-order valence-electron chi connectivity index (χ4n) is 2.90. The molecule has 2 atom stereocenters. The van der Waals surface area contributed by atoms with Crippen molar-refractivity contribution in [2.24, 2.45) is 0 Å². The number of ether oxygens (including phenoxy) is 3. The summed E-state index contributed by atoms with van der Waals surface area (Å²) in [5, 5.41) is 2.77. The Hall–Kier alpha value is -3.06. The van der Waals surface area contributed by atoms with Crippen LogP contribution in [0.15, 0.2) is 54.6 Å². The minimum atomic E-state index is -0.941. The van der Waals surface area contributed by atoms with Gasteiger partial charge in [0.05, 0.1) is 13.2 Å². The Labute approximate surface area is 170 Å². The maximum atomic E-state index is 12.4. The van der Waals surface area contributed by atoms with Gasteiger partial charge in [0.2, 0.25) is 0 Å². The zero-order chi connectivity index (χ0) is 20.6. The molecule has 0 radical (unpaired) electrons. The maximum Gasteiger partial charge on any atom is 0.347 e. The summed E-state index contributed by atoms with van der Waals surface area (Å²) in [4.78, 5) is 26.8. The third kappa shape index (κ3) is 5.96. The number of rotatable bonds is 7. The van der Waals surface area contributed by atoms with Gasteiger partial charge in [0.25, 0.3) is 5.91 Å². The van der Waals surface area contributed by atoms with E-state index in [9.17, 15) is 9.59 Å². The predicted molar refractivity (Wildman–Crippen MR) is 110 cm³/mol. The molecule has 7 nitrogen and oxygen atoms in total. The van der Waals surface area contributed by atoms with Crippen LogP contribution >= 0.6 is 0 Å². The van der Waals surface area contributed by atoms with Gasteiger partial charge in [-0.1, -0.05) is 18.2 Å². The average molecular weight is 398 g/mol. The van der Waals surface area contributed by atoms with E-state index >= 15 is 0 Å². The average Bonchev–Trinajstić information content (AvgIpc) is 2.75. The Kier molecular flexibility index (Phi) is 7.08. The molecule has 0 unspecified atom stereocenters. The molecular weight excluding hydrogens is 372 g/mol. The quantitative estimate of drug-likeness (QED) is 0.723. The van der Waals surface area contributed by atoms with Gasteiger partial charge in [0, 0.05) is 24.5 Å². The second-order valence-corrected chi connectivity index (χ2v) is 6.79. The van der Waals surface area contributed by atoms with Crippen LogP contribution in [0.5, 0.6) is 5.75 Å². The number of esters is 1. The van der Waals surface area contributed by atoms with Gasteiger partial charge in [-0.25, -0.2) is 4.79 Å². The molecule has 29 heavy (non-hydrogen) atoms. The fraction of sp³-hybridized carbons (Fsp3) is 0.364. The number of para-hydroxylation sites is 1. The lowest BCUT2D eigenvalue weighted by atomic mass is 10.2. The van der Waals surface area contributed by atoms with E-state index in [4.69, 9.17) is 14.2 Å². The number of hydrogen-bond donors (Lipinski definition) is 1. The van der Waals surface area contributed by atoms with Crippen LogP contribution in [-0.2, 0) is 19.1 Å². The lowest BCUT2D eigenvalue weighted by Gasteiger charge is -2.29. The lowest BCUT2D eigenvalue weighted by molar-refractivity contribution is -0.159. The first-order chi connectivity index (χ1) is 14.0. The van der Waals surface area contributed by atoms with Gasteiger partial charge >= 0.3 is 5.97 Å². The molecule has 2 aromatic carbocycles. The van der Waals surface area contributed by atoms with E-state index in [0.29, 0.717) is 24.7 Å². The third-order valence-electron chi connectivity index (χ3n) is 4.56. The van der Waals surface area contributed by atoms with Crippen molar-refractivity contribution in [1.29, 1.82) is 0 Å². The predicted octanol–water partition coefficient (Wildman–Crippen LogP) is 2.86. The SMILES string of the molecule is C[C@H](OC(=O)[C@@H](C)Oc1ccccc1)C(=O)Nc1ccc(N2CCOCC2)cc1. The molecule has 2 aromatic rings. The standard InChI is InChI=1S/C22H26N2O5/c1-16(29-22(26)17(2)28-20-6-4-3-5-7-20)21(25)23-18-8-10-19(11-9-18)24-12-14-27-15-13-24/h3-11,16-17H,12-15H2,1-2H3,(H,23,25)/t16-,17+/m0/s1. The van der Waals surface area contributed by atoms with Gasteiger partial charge in [-0.2, -0.15) is 0 Å². The van der Waals surface area contributed by atoms with E-state index in [2.05, 4.69) is 10.2 Å². The minimum absolute atomic E-state index is 0.399. The maximum absolute atomic E-state index is 12.4. The Morgan fingerprint density at radius 3 is 2.28 bits per heavy atom. The molecule has 1 aliphatic rings. The van der Waals surface area contributed by atoms with Crippen molar-refractivity contribution in [3.05, 3.63) is 54.6 Å². The lowest BCUT2D eigenvalue weighted by Crippen LogP contribution is -2.36. The molecular formula is C22H26N2O5. The van der Waals surface area contributed by atoms with E-state index in [-0.39, 0.29) is 0 Å². The molecule has 3 rings (SSSR count). The number of morpholine rings is 1. The molecule has 1 aliphatic heterocycles. The van der Waals surface area contributed by atoms with Crippen molar-refractivity contribution in [2.75, 3.05) is 36.5 Å². The normalized spacial score (nSPS) is 15.9. The first-order valence-electron chi connectivity index (χ1n) is 9.69. The first kappa shape index (κ1) is 20.7. The van der Waals surface area contributed by atoms with Gasteiger partial charge < -0.3 is 24.4 Å². The molecule has 1 amide bonds. The number of anilines is 2. The highest BCUT2D eigenvalue weighted by molar-refractivity contribution is 5.95. The summed E-state index contributed by atoms with van der Waals surface area (Å²) in [7, 11) is 0. The van der Waals surface area contributed by atoms with E-state index in [1.54, 1.807) is 19.1 Å². The largest absolute Gasteiger partial charge is 0.479 e. The zero-order valence-electron chi connectivity index (χ0n) is 16.7. The molecule has 7 heteroatoms. The number of carbonyl (C=O) groups excluding carboxylic acids is 2. The van der Waals surface area contributed by atoms with Gasteiger partial charge in [-0.05, 0) is 50.2 Å². The second kappa shape index (κ2) is 9.93. The fourth-order valence-corrected chi connectivity index (χ4v) is 2.90. The van der Waals surface area contributed by atoms with Gasteiger partial charge in [0.15, 0.2) is 12.2 Å². The summed E-state index contributed by atoms with van der Waals surface area (Å²) in [5.41, 5.74) is 1.72. The van der Waals surface area contributed by atoms with Gasteiger partial charge in [-0.3, -0.25) is 4.79 Å². The highest BCUT2D eigenvalue weighted by Crippen LogP contribution is 2.19. The molecule has 0 saturated carbocycles. The van der Waals surface area contributed by atoms with E-state index in [1.807, 2.05) is 42.5 Å². The highest BCUT2D eigenvalue weighted by atomic mass is 16.6. The molecule has 1 fully saturated rings. The van der Waals surface area contributed by atoms with Crippen LogP contribution in [0.3, 0.4) is 0 Å². The van der Waals surface area contributed by atoms with Crippen molar-refractivity contribution in [2.45, 2.75) is 26.1 Å².